The largest absolute Gasteiger partial charge is 0.382 e. The quantitative estimate of drug-likeness (QED) is 0.887. The highest BCUT2D eigenvalue weighted by Crippen LogP contribution is 2.27. The Kier molecular flexibility index (Phi) is 4.71. The van der Waals surface area contributed by atoms with Gasteiger partial charge in [0.1, 0.15) is 0 Å². The van der Waals surface area contributed by atoms with E-state index in [1.807, 2.05) is 18.2 Å². The molecule has 1 heterocycles. The van der Waals surface area contributed by atoms with Crippen LogP contribution >= 0.6 is 27.5 Å². The van der Waals surface area contributed by atoms with Crippen LogP contribution in [-0.2, 0) is 4.74 Å². The van der Waals surface area contributed by atoms with Gasteiger partial charge in [0.05, 0.1) is 11.1 Å². The van der Waals surface area contributed by atoms with Gasteiger partial charge in [-0.25, -0.2) is 0 Å². The molecule has 1 aliphatic heterocycles. The van der Waals surface area contributed by atoms with Crippen LogP contribution < -0.4 is 5.32 Å². The first-order valence-electron chi connectivity index (χ1n) is 6.02. The molecule has 0 saturated carbocycles. The maximum Gasteiger partial charge on any atom is 0.0592 e. The van der Waals surface area contributed by atoms with Crippen molar-refractivity contribution in [2.24, 2.45) is 0 Å². The van der Waals surface area contributed by atoms with Gasteiger partial charge in [-0.3, -0.25) is 0 Å². The van der Waals surface area contributed by atoms with Crippen LogP contribution in [0.3, 0.4) is 0 Å². The van der Waals surface area contributed by atoms with Crippen molar-refractivity contribution in [2.75, 3.05) is 11.9 Å². The molecule has 2 unspecified atom stereocenters. The average Bonchev–Trinajstić information content (AvgIpc) is 2.34. The summed E-state index contributed by atoms with van der Waals surface area (Å²) in [6.07, 6.45) is 3.61. The Morgan fingerprint density at radius 3 is 3.06 bits per heavy atom. The molecule has 1 saturated heterocycles. The van der Waals surface area contributed by atoms with Crippen molar-refractivity contribution in [3.05, 3.63) is 27.7 Å². The molecule has 17 heavy (non-hydrogen) atoms. The Balaban J connectivity index is 1.97. The fourth-order valence-corrected chi connectivity index (χ4v) is 2.54. The lowest BCUT2D eigenvalue weighted by Gasteiger charge is -2.30. The van der Waals surface area contributed by atoms with Crippen LogP contribution in [0.4, 0.5) is 5.69 Å². The molecular weight excluding hydrogens is 302 g/mol. The standard InChI is InChI=1S/C13H17BrClNO/c1-2-11-7-10(5-6-17-11)16-9-3-4-12(14)13(15)8-9/h3-4,8,10-11,16H,2,5-7H2,1H3. The van der Waals surface area contributed by atoms with Crippen LogP contribution in [0.15, 0.2) is 22.7 Å². The van der Waals surface area contributed by atoms with E-state index in [1.165, 1.54) is 0 Å². The first-order valence-corrected chi connectivity index (χ1v) is 7.19. The Hall–Kier alpha value is -0.250. The van der Waals surface area contributed by atoms with Crippen molar-refractivity contribution < 1.29 is 4.74 Å². The van der Waals surface area contributed by atoms with Crippen LogP contribution in [-0.4, -0.2) is 18.8 Å². The van der Waals surface area contributed by atoms with E-state index in [0.29, 0.717) is 12.1 Å². The van der Waals surface area contributed by atoms with Gasteiger partial charge >= 0.3 is 0 Å². The molecule has 0 aromatic heterocycles. The summed E-state index contributed by atoms with van der Waals surface area (Å²) in [5, 5.41) is 4.27. The molecule has 0 spiro atoms. The van der Waals surface area contributed by atoms with Crippen LogP contribution in [0.2, 0.25) is 5.02 Å². The van der Waals surface area contributed by atoms with Crippen LogP contribution in [0.1, 0.15) is 26.2 Å². The molecule has 0 radical (unpaired) electrons. The third kappa shape index (κ3) is 3.60. The molecule has 1 aromatic rings. The number of rotatable bonds is 3. The van der Waals surface area contributed by atoms with Gasteiger partial charge in [0.15, 0.2) is 0 Å². The minimum absolute atomic E-state index is 0.396. The summed E-state index contributed by atoms with van der Waals surface area (Å²) < 4.78 is 6.60. The second-order valence-corrected chi connectivity index (χ2v) is 5.66. The molecule has 1 aromatic carbocycles. The van der Waals surface area contributed by atoms with E-state index in [4.69, 9.17) is 16.3 Å². The smallest absolute Gasteiger partial charge is 0.0592 e. The van der Waals surface area contributed by atoms with Gasteiger partial charge in [0, 0.05) is 22.8 Å². The number of benzene rings is 1. The van der Waals surface area contributed by atoms with Gasteiger partial charge in [-0.2, -0.15) is 0 Å². The minimum Gasteiger partial charge on any atom is -0.382 e. The SMILES string of the molecule is CCC1CC(Nc2ccc(Br)c(Cl)c2)CCO1. The molecule has 1 N–H and O–H groups in total. The highest BCUT2D eigenvalue weighted by molar-refractivity contribution is 9.10. The van der Waals surface area contributed by atoms with E-state index >= 15 is 0 Å². The maximum atomic E-state index is 6.08. The van der Waals surface area contributed by atoms with Crippen molar-refractivity contribution in [3.8, 4) is 0 Å². The number of nitrogens with one attached hydrogen (secondary N) is 1. The van der Waals surface area contributed by atoms with Crippen molar-refractivity contribution in [1.82, 2.24) is 0 Å². The topological polar surface area (TPSA) is 21.3 Å². The van der Waals surface area contributed by atoms with Crippen LogP contribution in [0, 0.1) is 0 Å². The lowest BCUT2D eigenvalue weighted by atomic mass is 10.0. The number of ether oxygens (including phenoxy) is 1. The summed E-state index contributed by atoms with van der Waals surface area (Å²) in [7, 11) is 0. The summed E-state index contributed by atoms with van der Waals surface area (Å²) in [4.78, 5) is 0. The molecule has 0 amide bonds. The predicted octanol–water partition coefficient (Wildman–Crippen LogP) is 4.47. The maximum absolute atomic E-state index is 6.08. The summed E-state index contributed by atoms with van der Waals surface area (Å²) in [6, 6.07) is 6.47. The van der Waals surface area contributed by atoms with Crippen LogP contribution in [0.5, 0.6) is 0 Å². The van der Waals surface area contributed by atoms with Gasteiger partial charge in [0.2, 0.25) is 0 Å². The molecule has 2 rings (SSSR count). The van der Waals surface area contributed by atoms with E-state index in [2.05, 4.69) is 28.2 Å². The number of anilines is 1. The lowest BCUT2D eigenvalue weighted by molar-refractivity contribution is 0.00926. The third-order valence-electron chi connectivity index (χ3n) is 3.11. The van der Waals surface area contributed by atoms with Gasteiger partial charge < -0.3 is 10.1 Å². The Morgan fingerprint density at radius 1 is 1.53 bits per heavy atom. The fraction of sp³-hybridized carbons (Fsp3) is 0.538. The van der Waals surface area contributed by atoms with Gasteiger partial charge in [-0.05, 0) is 53.4 Å². The first-order chi connectivity index (χ1) is 8.19. The molecule has 2 nitrogen and oxygen atoms in total. The second-order valence-electron chi connectivity index (χ2n) is 4.40. The zero-order chi connectivity index (χ0) is 12.3. The van der Waals surface area contributed by atoms with E-state index in [-0.39, 0.29) is 0 Å². The lowest BCUT2D eigenvalue weighted by Crippen LogP contribution is -2.33. The zero-order valence-electron chi connectivity index (χ0n) is 9.88. The van der Waals surface area contributed by atoms with Crippen molar-refractivity contribution in [3.63, 3.8) is 0 Å². The molecule has 4 heteroatoms. The number of halogens is 2. The summed E-state index contributed by atoms with van der Waals surface area (Å²) in [5.74, 6) is 0. The highest BCUT2D eigenvalue weighted by Gasteiger charge is 2.21. The normalized spacial score (nSPS) is 24.6. The molecular formula is C13H17BrClNO. The molecule has 2 atom stereocenters. The zero-order valence-corrected chi connectivity index (χ0v) is 12.2. The van der Waals surface area contributed by atoms with Gasteiger partial charge in [-0.1, -0.05) is 18.5 Å². The highest BCUT2D eigenvalue weighted by atomic mass is 79.9. The number of hydrogen-bond donors (Lipinski definition) is 1. The van der Waals surface area contributed by atoms with Crippen molar-refractivity contribution >= 4 is 33.2 Å². The van der Waals surface area contributed by atoms with Crippen LogP contribution in [0.25, 0.3) is 0 Å². The van der Waals surface area contributed by atoms with E-state index < -0.39 is 0 Å². The molecule has 1 fully saturated rings. The Morgan fingerprint density at radius 2 is 2.35 bits per heavy atom. The number of hydrogen-bond acceptors (Lipinski definition) is 2. The van der Waals surface area contributed by atoms with E-state index in [0.717, 1.165) is 41.1 Å². The predicted molar refractivity (Wildman–Crippen MR) is 75.8 cm³/mol. The fourth-order valence-electron chi connectivity index (χ4n) is 2.12. The molecule has 1 aliphatic rings. The third-order valence-corrected chi connectivity index (χ3v) is 4.35. The average molecular weight is 319 g/mol. The minimum atomic E-state index is 0.396. The van der Waals surface area contributed by atoms with E-state index in [1.54, 1.807) is 0 Å². The van der Waals surface area contributed by atoms with Crippen molar-refractivity contribution in [2.45, 2.75) is 38.3 Å². The summed E-state index contributed by atoms with van der Waals surface area (Å²) >= 11 is 9.47. The summed E-state index contributed by atoms with van der Waals surface area (Å²) in [6.45, 7) is 3.02. The van der Waals surface area contributed by atoms with Gasteiger partial charge in [-0.15, -0.1) is 0 Å². The molecule has 0 bridgehead atoms. The van der Waals surface area contributed by atoms with Gasteiger partial charge in [0.25, 0.3) is 0 Å². The monoisotopic (exact) mass is 317 g/mol. The Bertz CT molecular complexity index is 386. The van der Waals surface area contributed by atoms with E-state index in [9.17, 15) is 0 Å². The Labute approximate surface area is 116 Å². The second kappa shape index (κ2) is 6.07. The molecule has 94 valence electrons. The van der Waals surface area contributed by atoms with Crippen molar-refractivity contribution in [1.29, 1.82) is 0 Å². The first kappa shape index (κ1) is 13.2. The molecule has 0 aliphatic carbocycles. The summed E-state index contributed by atoms with van der Waals surface area (Å²) in [5.41, 5.74) is 1.08.